The summed E-state index contributed by atoms with van der Waals surface area (Å²) in [7, 11) is -0.417. The summed E-state index contributed by atoms with van der Waals surface area (Å²) >= 11 is 0. The maximum atomic E-state index is 11.3. The van der Waals surface area contributed by atoms with E-state index < -0.39 is 10.0 Å². The van der Waals surface area contributed by atoms with E-state index in [2.05, 4.69) is 5.32 Å². The van der Waals surface area contributed by atoms with Gasteiger partial charge in [-0.1, -0.05) is 0 Å². The van der Waals surface area contributed by atoms with Crippen LogP contribution in [-0.4, -0.2) is 39.9 Å². The highest BCUT2D eigenvalue weighted by atomic mass is 32.2. The third-order valence-corrected chi connectivity index (χ3v) is 3.01. The summed E-state index contributed by atoms with van der Waals surface area (Å²) < 4.78 is 26.9. The molecule has 1 heterocycles. The lowest BCUT2D eigenvalue weighted by Crippen LogP contribution is -2.26. The van der Waals surface area contributed by atoms with E-state index in [0.29, 0.717) is 25.3 Å². The molecular formula is C10H17N3O4S. The minimum atomic E-state index is -3.79. The molecule has 0 aromatic carbocycles. The lowest BCUT2D eigenvalue weighted by atomic mass is 10.3. The zero-order valence-corrected chi connectivity index (χ0v) is 11.2. The van der Waals surface area contributed by atoms with E-state index in [1.54, 1.807) is 14.1 Å². The lowest BCUT2D eigenvalue weighted by Gasteiger charge is -2.09. The topological polar surface area (TPSA) is 106 Å². The van der Waals surface area contributed by atoms with Gasteiger partial charge >= 0.3 is 0 Å². The first kappa shape index (κ1) is 14.7. The van der Waals surface area contributed by atoms with Crippen molar-refractivity contribution in [2.75, 3.05) is 20.6 Å². The van der Waals surface area contributed by atoms with Crippen molar-refractivity contribution < 1.29 is 17.6 Å². The zero-order valence-electron chi connectivity index (χ0n) is 10.3. The highest BCUT2D eigenvalue weighted by Crippen LogP contribution is 2.11. The third kappa shape index (κ3) is 4.47. The first-order valence-corrected chi connectivity index (χ1v) is 6.87. The standard InChI is InChI=1S/C10H17N3O4S/c1-13(2)9(14)5-6-12-7-8-3-4-10(17-8)18(11,15)16/h3-4,12H,5-7H2,1-2H3,(H2,11,15,16). The van der Waals surface area contributed by atoms with Crippen LogP contribution in [0.4, 0.5) is 0 Å². The van der Waals surface area contributed by atoms with Gasteiger partial charge in [-0.3, -0.25) is 4.79 Å². The summed E-state index contributed by atoms with van der Waals surface area (Å²) in [4.78, 5) is 12.8. The minimum absolute atomic E-state index is 0.0205. The van der Waals surface area contributed by atoms with E-state index in [-0.39, 0.29) is 11.0 Å². The van der Waals surface area contributed by atoms with Crippen molar-refractivity contribution in [3.8, 4) is 0 Å². The molecule has 3 N–H and O–H groups in total. The smallest absolute Gasteiger partial charge is 0.271 e. The van der Waals surface area contributed by atoms with Gasteiger partial charge in [0.2, 0.25) is 11.0 Å². The van der Waals surface area contributed by atoms with E-state index in [0.717, 1.165) is 0 Å². The second-order valence-electron chi connectivity index (χ2n) is 3.98. The van der Waals surface area contributed by atoms with E-state index in [4.69, 9.17) is 9.56 Å². The van der Waals surface area contributed by atoms with Gasteiger partial charge in [-0.15, -0.1) is 0 Å². The second-order valence-corrected chi connectivity index (χ2v) is 5.47. The normalized spacial score (nSPS) is 11.5. The molecule has 0 unspecified atom stereocenters. The number of amides is 1. The fourth-order valence-electron chi connectivity index (χ4n) is 1.24. The average Bonchev–Trinajstić information content (AvgIpc) is 2.72. The molecule has 1 rings (SSSR count). The number of nitrogens with two attached hydrogens (primary N) is 1. The first-order valence-electron chi connectivity index (χ1n) is 5.33. The second kappa shape index (κ2) is 5.98. The van der Waals surface area contributed by atoms with Crippen molar-refractivity contribution >= 4 is 15.9 Å². The molecular weight excluding hydrogens is 258 g/mol. The van der Waals surface area contributed by atoms with Gasteiger partial charge in [-0.25, -0.2) is 13.6 Å². The Morgan fingerprint density at radius 3 is 2.61 bits per heavy atom. The molecule has 0 fully saturated rings. The van der Waals surface area contributed by atoms with Gasteiger partial charge in [-0.2, -0.15) is 0 Å². The monoisotopic (exact) mass is 275 g/mol. The Kier molecular flexibility index (Phi) is 4.88. The van der Waals surface area contributed by atoms with E-state index in [9.17, 15) is 13.2 Å². The Labute approximate surface area is 106 Å². The van der Waals surface area contributed by atoms with Crippen LogP contribution >= 0.6 is 0 Å². The molecule has 7 nitrogen and oxygen atoms in total. The molecule has 0 aliphatic carbocycles. The van der Waals surface area contributed by atoms with Crippen LogP contribution in [0.1, 0.15) is 12.2 Å². The Hall–Kier alpha value is -1.38. The van der Waals surface area contributed by atoms with E-state index in [1.807, 2.05) is 0 Å². The molecule has 0 bridgehead atoms. The number of hydrogen-bond acceptors (Lipinski definition) is 5. The summed E-state index contributed by atoms with van der Waals surface area (Å²) in [6.07, 6.45) is 0.371. The largest absolute Gasteiger partial charge is 0.447 e. The number of hydrogen-bond donors (Lipinski definition) is 2. The number of rotatable bonds is 6. The van der Waals surface area contributed by atoms with Crippen LogP contribution in [0.5, 0.6) is 0 Å². The van der Waals surface area contributed by atoms with Crippen LogP contribution in [-0.2, 0) is 21.4 Å². The molecule has 102 valence electrons. The van der Waals surface area contributed by atoms with Crippen LogP contribution in [0.25, 0.3) is 0 Å². The molecule has 0 spiro atoms. The third-order valence-electron chi connectivity index (χ3n) is 2.23. The van der Waals surface area contributed by atoms with Crippen LogP contribution < -0.4 is 10.5 Å². The van der Waals surface area contributed by atoms with Gasteiger partial charge in [0.25, 0.3) is 10.0 Å². The Balaban J connectivity index is 2.37. The number of furan rings is 1. The molecule has 0 aliphatic rings. The minimum Gasteiger partial charge on any atom is -0.447 e. The first-order chi connectivity index (χ1) is 8.30. The Bertz CT molecular complexity index is 507. The molecule has 8 heteroatoms. The van der Waals surface area contributed by atoms with Gasteiger partial charge in [0, 0.05) is 27.1 Å². The van der Waals surface area contributed by atoms with Crippen LogP contribution in [0, 0.1) is 0 Å². The average molecular weight is 275 g/mol. The molecule has 0 atom stereocenters. The fourth-order valence-corrected chi connectivity index (χ4v) is 1.72. The fraction of sp³-hybridized carbons (Fsp3) is 0.500. The van der Waals surface area contributed by atoms with Gasteiger partial charge in [0.05, 0.1) is 6.54 Å². The number of nitrogens with one attached hydrogen (secondary N) is 1. The highest BCUT2D eigenvalue weighted by molar-refractivity contribution is 7.89. The predicted molar refractivity (Wildman–Crippen MR) is 65.1 cm³/mol. The summed E-state index contributed by atoms with van der Waals surface area (Å²) in [5, 5.41) is 7.62. The van der Waals surface area contributed by atoms with Crippen LogP contribution in [0.2, 0.25) is 0 Å². The van der Waals surface area contributed by atoms with Crippen molar-refractivity contribution in [3.05, 3.63) is 17.9 Å². The summed E-state index contributed by atoms with van der Waals surface area (Å²) in [5.74, 6) is 0.475. The Morgan fingerprint density at radius 1 is 1.44 bits per heavy atom. The molecule has 0 aliphatic heterocycles. The number of nitrogens with zero attached hydrogens (tertiary/aromatic N) is 1. The van der Waals surface area contributed by atoms with Crippen molar-refractivity contribution in [1.82, 2.24) is 10.2 Å². The number of primary sulfonamides is 1. The summed E-state index contributed by atoms with van der Waals surface area (Å²) in [6, 6.07) is 2.83. The molecule has 1 aromatic rings. The van der Waals surface area contributed by atoms with Crippen molar-refractivity contribution in [2.24, 2.45) is 5.14 Å². The van der Waals surface area contributed by atoms with E-state index in [1.165, 1.54) is 17.0 Å². The molecule has 0 radical (unpaired) electrons. The van der Waals surface area contributed by atoms with Crippen LogP contribution in [0.15, 0.2) is 21.6 Å². The maximum Gasteiger partial charge on any atom is 0.271 e. The van der Waals surface area contributed by atoms with Gasteiger partial charge in [0.15, 0.2) is 0 Å². The predicted octanol–water partition coefficient (Wildman–Crippen LogP) is -0.505. The summed E-state index contributed by atoms with van der Waals surface area (Å²) in [5.41, 5.74) is 0. The van der Waals surface area contributed by atoms with Gasteiger partial charge in [-0.05, 0) is 12.1 Å². The number of sulfonamides is 1. The Morgan fingerprint density at radius 2 is 2.11 bits per heavy atom. The number of carbonyl (C=O) groups excluding carboxylic acids is 1. The van der Waals surface area contributed by atoms with Gasteiger partial charge in [0.1, 0.15) is 5.76 Å². The van der Waals surface area contributed by atoms with Crippen molar-refractivity contribution in [3.63, 3.8) is 0 Å². The SMILES string of the molecule is CN(C)C(=O)CCNCc1ccc(S(N)(=O)=O)o1. The molecule has 0 saturated carbocycles. The summed E-state index contributed by atoms with van der Waals surface area (Å²) in [6.45, 7) is 0.832. The maximum absolute atomic E-state index is 11.3. The van der Waals surface area contributed by atoms with Gasteiger partial charge < -0.3 is 14.6 Å². The quantitative estimate of drug-likeness (QED) is 0.680. The van der Waals surface area contributed by atoms with Crippen LogP contribution in [0.3, 0.4) is 0 Å². The van der Waals surface area contributed by atoms with Crippen molar-refractivity contribution in [1.29, 1.82) is 0 Å². The molecule has 18 heavy (non-hydrogen) atoms. The van der Waals surface area contributed by atoms with E-state index >= 15 is 0 Å². The molecule has 1 amide bonds. The molecule has 0 saturated heterocycles. The zero-order chi connectivity index (χ0) is 13.8. The highest BCUT2D eigenvalue weighted by Gasteiger charge is 2.12. The molecule has 1 aromatic heterocycles. The van der Waals surface area contributed by atoms with Crippen molar-refractivity contribution in [2.45, 2.75) is 18.1 Å². The number of carbonyl (C=O) groups is 1. The lowest BCUT2D eigenvalue weighted by molar-refractivity contribution is -0.128.